The molecular formula is C13H18N2O4S2. The molecule has 0 saturated carbocycles. The largest absolute Gasteiger partial charge is 0.469 e. The number of sulfonamides is 1. The van der Waals surface area contributed by atoms with E-state index < -0.39 is 10.0 Å². The molecule has 0 aromatic heterocycles. The van der Waals surface area contributed by atoms with Gasteiger partial charge in [0.2, 0.25) is 0 Å². The number of benzene rings is 1. The molecule has 0 unspecified atom stereocenters. The van der Waals surface area contributed by atoms with Crippen LogP contribution in [-0.2, 0) is 19.6 Å². The second-order valence-corrected chi connectivity index (χ2v) is 6.93. The highest BCUT2D eigenvalue weighted by atomic mass is 32.2. The number of nitrogens with zero attached hydrogens (tertiary/aromatic N) is 1. The van der Waals surface area contributed by atoms with Crippen LogP contribution in [0.1, 0.15) is 12.0 Å². The topological polar surface area (TPSA) is 84.8 Å². The van der Waals surface area contributed by atoms with Crippen molar-refractivity contribution in [3.63, 3.8) is 0 Å². The van der Waals surface area contributed by atoms with Gasteiger partial charge in [-0.2, -0.15) is 25.3 Å². The quantitative estimate of drug-likeness (QED) is 0.338. The molecule has 8 heteroatoms. The third-order valence-electron chi connectivity index (χ3n) is 2.47. The summed E-state index contributed by atoms with van der Waals surface area (Å²) in [6, 6.07) is 6.50. The number of esters is 1. The maximum atomic E-state index is 11.9. The fourth-order valence-electron chi connectivity index (χ4n) is 1.31. The van der Waals surface area contributed by atoms with E-state index in [4.69, 9.17) is 0 Å². The van der Waals surface area contributed by atoms with E-state index >= 15 is 0 Å². The molecule has 116 valence electrons. The Hall–Kier alpha value is -1.54. The van der Waals surface area contributed by atoms with E-state index in [1.165, 1.54) is 37.2 Å². The Labute approximate surface area is 129 Å². The standard InChI is InChI=1S/C13H18N2O4S2/c1-11-3-5-12(6-4-11)21(17,18)15-14-8-10-20-9-7-13(16)19-2/h3-6,8,15H,7,9-10H2,1-2H3/b14-8+. The van der Waals surface area contributed by atoms with E-state index in [2.05, 4.69) is 14.7 Å². The average Bonchev–Trinajstić information content (AvgIpc) is 2.46. The number of hydrogen-bond acceptors (Lipinski definition) is 6. The maximum Gasteiger partial charge on any atom is 0.306 e. The average molecular weight is 330 g/mol. The normalized spacial score (nSPS) is 11.5. The van der Waals surface area contributed by atoms with E-state index in [1.807, 2.05) is 6.92 Å². The van der Waals surface area contributed by atoms with Crippen LogP contribution in [0.15, 0.2) is 34.3 Å². The zero-order chi connectivity index (χ0) is 15.7. The van der Waals surface area contributed by atoms with E-state index in [0.717, 1.165) is 5.56 Å². The van der Waals surface area contributed by atoms with Gasteiger partial charge >= 0.3 is 5.97 Å². The molecule has 0 radical (unpaired) electrons. The molecule has 0 aliphatic carbocycles. The third-order valence-corrected chi connectivity index (χ3v) is 4.58. The molecule has 0 atom stereocenters. The summed E-state index contributed by atoms with van der Waals surface area (Å²) in [5, 5.41) is 3.68. The van der Waals surface area contributed by atoms with Crippen molar-refractivity contribution in [3.05, 3.63) is 29.8 Å². The third kappa shape index (κ3) is 6.63. The molecule has 1 aromatic rings. The van der Waals surface area contributed by atoms with Crippen LogP contribution in [0.2, 0.25) is 0 Å². The first-order valence-corrected chi connectivity index (χ1v) is 8.84. The second-order valence-electron chi connectivity index (χ2n) is 4.12. The number of ether oxygens (including phenoxy) is 1. The van der Waals surface area contributed by atoms with Gasteiger partial charge in [0, 0.05) is 17.7 Å². The monoisotopic (exact) mass is 330 g/mol. The predicted octanol–water partition coefficient (Wildman–Crippen LogP) is 1.56. The lowest BCUT2D eigenvalue weighted by Gasteiger charge is -2.03. The van der Waals surface area contributed by atoms with Crippen LogP contribution in [0.25, 0.3) is 0 Å². The number of methoxy groups -OCH3 is 1. The van der Waals surface area contributed by atoms with Crippen LogP contribution in [0.3, 0.4) is 0 Å². The van der Waals surface area contributed by atoms with Crippen molar-refractivity contribution in [1.82, 2.24) is 4.83 Å². The van der Waals surface area contributed by atoms with E-state index in [-0.39, 0.29) is 10.9 Å². The maximum absolute atomic E-state index is 11.9. The molecule has 1 rings (SSSR count). The van der Waals surface area contributed by atoms with Gasteiger partial charge in [-0.15, -0.1) is 0 Å². The summed E-state index contributed by atoms with van der Waals surface area (Å²) in [5.74, 6) is 0.844. The fourth-order valence-corrected chi connectivity index (χ4v) is 2.78. The van der Waals surface area contributed by atoms with Gasteiger partial charge < -0.3 is 4.74 Å². The summed E-state index contributed by atoms with van der Waals surface area (Å²) in [6.45, 7) is 1.88. The number of hydrogen-bond donors (Lipinski definition) is 1. The Balaban J connectivity index is 2.35. The minimum atomic E-state index is -3.62. The summed E-state index contributed by atoms with van der Waals surface area (Å²) in [5.41, 5.74) is 0.986. The van der Waals surface area contributed by atoms with Crippen molar-refractivity contribution >= 4 is 34.0 Å². The zero-order valence-electron chi connectivity index (χ0n) is 11.9. The first kappa shape index (κ1) is 17.5. The van der Waals surface area contributed by atoms with E-state index in [9.17, 15) is 13.2 Å². The Morgan fingerprint density at radius 3 is 2.67 bits per heavy atom. The number of aryl methyl sites for hydroxylation is 1. The molecule has 21 heavy (non-hydrogen) atoms. The molecular weight excluding hydrogens is 312 g/mol. The molecule has 0 heterocycles. The molecule has 1 N–H and O–H groups in total. The molecule has 0 aliphatic rings. The minimum Gasteiger partial charge on any atom is -0.469 e. The van der Waals surface area contributed by atoms with Crippen molar-refractivity contribution in [2.75, 3.05) is 18.6 Å². The Morgan fingerprint density at radius 1 is 1.38 bits per heavy atom. The Morgan fingerprint density at radius 2 is 2.05 bits per heavy atom. The van der Waals surface area contributed by atoms with Gasteiger partial charge in [0.05, 0.1) is 18.4 Å². The fraction of sp³-hybridized carbons (Fsp3) is 0.385. The van der Waals surface area contributed by atoms with Crippen LogP contribution < -0.4 is 4.83 Å². The van der Waals surface area contributed by atoms with E-state index in [0.29, 0.717) is 17.9 Å². The predicted molar refractivity (Wildman–Crippen MR) is 84.0 cm³/mol. The van der Waals surface area contributed by atoms with Crippen molar-refractivity contribution in [2.45, 2.75) is 18.2 Å². The number of carbonyl (C=O) groups excluding carboxylic acids is 1. The number of rotatable bonds is 8. The van der Waals surface area contributed by atoms with Gasteiger partial charge in [-0.3, -0.25) is 4.79 Å². The van der Waals surface area contributed by atoms with Crippen molar-refractivity contribution in [1.29, 1.82) is 0 Å². The zero-order valence-corrected chi connectivity index (χ0v) is 13.5. The Kier molecular flexibility index (Phi) is 7.24. The number of nitrogens with one attached hydrogen (secondary N) is 1. The van der Waals surface area contributed by atoms with Crippen molar-refractivity contribution in [2.24, 2.45) is 5.10 Å². The van der Waals surface area contributed by atoms with Gasteiger partial charge in [-0.05, 0) is 19.1 Å². The van der Waals surface area contributed by atoms with Gasteiger partial charge in [-0.25, -0.2) is 4.83 Å². The van der Waals surface area contributed by atoms with Gasteiger partial charge in [0.1, 0.15) is 0 Å². The number of thioether (sulfide) groups is 1. The molecule has 6 nitrogen and oxygen atoms in total. The van der Waals surface area contributed by atoms with E-state index in [1.54, 1.807) is 12.1 Å². The van der Waals surface area contributed by atoms with Gasteiger partial charge in [0.25, 0.3) is 10.0 Å². The first-order valence-electron chi connectivity index (χ1n) is 6.20. The van der Waals surface area contributed by atoms with Crippen molar-refractivity contribution < 1.29 is 17.9 Å². The SMILES string of the molecule is COC(=O)CCSC/C=N/NS(=O)(=O)c1ccc(C)cc1. The van der Waals surface area contributed by atoms with Crippen LogP contribution in [0.4, 0.5) is 0 Å². The van der Waals surface area contributed by atoms with Crippen LogP contribution in [0.5, 0.6) is 0 Å². The number of hydrazone groups is 1. The summed E-state index contributed by atoms with van der Waals surface area (Å²) in [7, 11) is -2.28. The van der Waals surface area contributed by atoms with Gasteiger partial charge in [-0.1, -0.05) is 17.7 Å². The molecule has 0 saturated heterocycles. The molecule has 0 fully saturated rings. The van der Waals surface area contributed by atoms with Crippen LogP contribution in [-0.4, -0.2) is 39.2 Å². The summed E-state index contributed by atoms with van der Waals surface area (Å²) >= 11 is 1.46. The van der Waals surface area contributed by atoms with Crippen LogP contribution >= 0.6 is 11.8 Å². The number of carbonyl (C=O) groups is 1. The lowest BCUT2D eigenvalue weighted by Crippen LogP contribution is -2.18. The smallest absolute Gasteiger partial charge is 0.306 e. The molecule has 0 spiro atoms. The highest BCUT2D eigenvalue weighted by Gasteiger charge is 2.11. The summed E-state index contributed by atoms with van der Waals surface area (Å²) in [6.07, 6.45) is 1.78. The molecule has 0 aliphatic heterocycles. The Bertz CT molecular complexity index is 583. The van der Waals surface area contributed by atoms with Crippen LogP contribution in [0, 0.1) is 6.92 Å². The molecule has 0 amide bonds. The van der Waals surface area contributed by atoms with Gasteiger partial charge in [0.15, 0.2) is 0 Å². The lowest BCUT2D eigenvalue weighted by molar-refractivity contribution is -0.140. The molecule has 1 aromatic carbocycles. The molecule has 0 bridgehead atoms. The minimum absolute atomic E-state index is 0.170. The summed E-state index contributed by atoms with van der Waals surface area (Å²) in [4.78, 5) is 13.2. The van der Waals surface area contributed by atoms with Crippen molar-refractivity contribution in [3.8, 4) is 0 Å². The first-order chi connectivity index (χ1) is 9.95. The summed E-state index contributed by atoms with van der Waals surface area (Å²) < 4.78 is 28.2. The highest BCUT2D eigenvalue weighted by Crippen LogP contribution is 2.09. The lowest BCUT2D eigenvalue weighted by atomic mass is 10.2. The second kappa shape index (κ2) is 8.68. The highest BCUT2D eigenvalue weighted by molar-refractivity contribution is 7.99.